The predicted molar refractivity (Wildman–Crippen MR) is 82.6 cm³/mol. The van der Waals surface area contributed by atoms with Crippen LogP contribution in [-0.4, -0.2) is 32.3 Å². The normalized spacial score (nSPS) is 16.0. The van der Waals surface area contributed by atoms with Gasteiger partial charge in [0, 0.05) is 19.1 Å². The molecule has 1 aliphatic rings. The number of carbonyl (C=O) groups excluding carboxylic acids is 1. The van der Waals surface area contributed by atoms with E-state index in [9.17, 15) is 4.79 Å². The lowest BCUT2D eigenvalue weighted by Crippen LogP contribution is -2.36. The van der Waals surface area contributed by atoms with Crippen LogP contribution in [0.2, 0.25) is 0 Å². The van der Waals surface area contributed by atoms with Gasteiger partial charge in [0.15, 0.2) is 0 Å². The number of benzene rings is 1. The van der Waals surface area contributed by atoms with Crippen LogP contribution in [0.1, 0.15) is 38.2 Å². The average molecular weight is 291 g/mol. The van der Waals surface area contributed by atoms with Crippen molar-refractivity contribution in [1.82, 2.24) is 5.32 Å². The SMILES string of the molecule is CC(C)c1ccccc1OCCNC(=O)C1CCOCC1. The summed E-state index contributed by atoms with van der Waals surface area (Å²) < 4.78 is 11.1. The molecule has 4 heteroatoms. The summed E-state index contributed by atoms with van der Waals surface area (Å²) in [5.74, 6) is 1.56. The smallest absolute Gasteiger partial charge is 0.223 e. The van der Waals surface area contributed by atoms with E-state index in [1.165, 1.54) is 5.56 Å². The van der Waals surface area contributed by atoms with Crippen LogP contribution >= 0.6 is 0 Å². The largest absolute Gasteiger partial charge is 0.491 e. The van der Waals surface area contributed by atoms with Gasteiger partial charge in [0.05, 0.1) is 6.54 Å². The Bertz CT molecular complexity index is 453. The zero-order valence-electron chi connectivity index (χ0n) is 12.9. The standard InChI is InChI=1S/C17H25NO3/c1-13(2)15-5-3-4-6-16(15)21-12-9-18-17(19)14-7-10-20-11-8-14/h3-6,13-14H,7-12H2,1-2H3,(H,18,19). The summed E-state index contributed by atoms with van der Waals surface area (Å²) in [4.78, 5) is 12.0. The second kappa shape index (κ2) is 8.03. The van der Waals surface area contributed by atoms with Crippen LogP contribution in [0.15, 0.2) is 24.3 Å². The molecule has 0 aromatic heterocycles. The second-order valence-corrected chi connectivity index (χ2v) is 5.72. The zero-order valence-corrected chi connectivity index (χ0v) is 12.9. The molecule has 0 atom stereocenters. The molecule has 0 radical (unpaired) electrons. The Morgan fingerprint density at radius 1 is 1.33 bits per heavy atom. The number of carbonyl (C=O) groups is 1. The fourth-order valence-electron chi connectivity index (χ4n) is 2.53. The van der Waals surface area contributed by atoms with Gasteiger partial charge in [-0.3, -0.25) is 4.79 Å². The third-order valence-corrected chi connectivity index (χ3v) is 3.79. The van der Waals surface area contributed by atoms with Crippen molar-refractivity contribution in [2.75, 3.05) is 26.4 Å². The fraction of sp³-hybridized carbons (Fsp3) is 0.588. The molecule has 0 bridgehead atoms. The van der Waals surface area contributed by atoms with Crippen molar-refractivity contribution >= 4 is 5.91 Å². The number of amides is 1. The summed E-state index contributed by atoms with van der Waals surface area (Å²) in [5, 5.41) is 2.95. The third kappa shape index (κ3) is 4.74. The van der Waals surface area contributed by atoms with Crippen LogP contribution in [0.4, 0.5) is 0 Å². The van der Waals surface area contributed by atoms with Crippen LogP contribution in [0.3, 0.4) is 0 Å². The molecule has 1 aliphatic heterocycles. The van der Waals surface area contributed by atoms with Crippen LogP contribution in [0.25, 0.3) is 0 Å². The van der Waals surface area contributed by atoms with E-state index >= 15 is 0 Å². The van der Waals surface area contributed by atoms with Gasteiger partial charge < -0.3 is 14.8 Å². The van der Waals surface area contributed by atoms with Gasteiger partial charge in [-0.2, -0.15) is 0 Å². The molecule has 1 N–H and O–H groups in total. The lowest BCUT2D eigenvalue weighted by molar-refractivity contribution is -0.127. The molecular weight excluding hydrogens is 266 g/mol. The van der Waals surface area contributed by atoms with Gasteiger partial charge in [-0.1, -0.05) is 32.0 Å². The third-order valence-electron chi connectivity index (χ3n) is 3.79. The van der Waals surface area contributed by atoms with Gasteiger partial charge in [0.1, 0.15) is 12.4 Å². The number of para-hydroxylation sites is 1. The Labute approximate surface area is 126 Å². The molecule has 116 valence electrons. The number of hydrogen-bond donors (Lipinski definition) is 1. The van der Waals surface area contributed by atoms with E-state index in [-0.39, 0.29) is 11.8 Å². The van der Waals surface area contributed by atoms with E-state index in [0.717, 1.165) is 18.6 Å². The molecule has 1 aromatic carbocycles. The first-order valence-corrected chi connectivity index (χ1v) is 7.75. The zero-order chi connectivity index (χ0) is 15.1. The van der Waals surface area contributed by atoms with E-state index in [1.807, 2.05) is 18.2 Å². The Kier molecular flexibility index (Phi) is 6.05. The van der Waals surface area contributed by atoms with Crippen LogP contribution in [0.5, 0.6) is 5.75 Å². The molecule has 0 saturated carbocycles. The maximum atomic E-state index is 12.0. The highest BCUT2D eigenvalue weighted by molar-refractivity contribution is 5.78. The summed E-state index contributed by atoms with van der Waals surface area (Å²) in [6.45, 7) is 6.72. The predicted octanol–water partition coefficient (Wildman–Crippen LogP) is 2.73. The molecule has 0 unspecified atom stereocenters. The fourth-order valence-corrected chi connectivity index (χ4v) is 2.53. The van der Waals surface area contributed by atoms with Gasteiger partial charge in [-0.15, -0.1) is 0 Å². The van der Waals surface area contributed by atoms with Crippen molar-refractivity contribution in [1.29, 1.82) is 0 Å². The highest BCUT2D eigenvalue weighted by Gasteiger charge is 2.20. The monoisotopic (exact) mass is 291 g/mol. The maximum absolute atomic E-state index is 12.0. The Balaban J connectivity index is 1.73. The Morgan fingerprint density at radius 2 is 2.05 bits per heavy atom. The first kappa shape index (κ1) is 15.8. The molecule has 4 nitrogen and oxygen atoms in total. The van der Waals surface area contributed by atoms with Gasteiger partial charge in [-0.05, 0) is 30.4 Å². The van der Waals surface area contributed by atoms with Gasteiger partial charge in [-0.25, -0.2) is 0 Å². The number of ether oxygens (including phenoxy) is 2. The average Bonchev–Trinajstić information content (AvgIpc) is 2.52. The highest BCUT2D eigenvalue weighted by atomic mass is 16.5. The molecular formula is C17H25NO3. The van der Waals surface area contributed by atoms with E-state index in [0.29, 0.717) is 32.3 Å². The summed E-state index contributed by atoms with van der Waals surface area (Å²) >= 11 is 0. The van der Waals surface area contributed by atoms with Crippen molar-refractivity contribution in [3.8, 4) is 5.75 Å². The Hall–Kier alpha value is -1.55. The molecule has 1 aromatic rings. The minimum atomic E-state index is 0.0988. The molecule has 1 saturated heterocycles. The second-order valence-electron chi connectivity index (χ2n) is 5.72. The summed E-state index contributed by atoms with van der Waals surface area (Å²) in [6, 6.07) is 8.06. The number of hydrogen-bond acceptors (Lipinski definition) is 3. The minimum Gasteiger partial charge on any atom is -0.491 e. The molecule has 1 heterocycles. The van der Waals surface area contributed by atoms with Crippen molar-refractivity contribution in [2.24, 2.45) is 5.92 Å². The van der Waals surface area contributed by atoms with Crippen molar-refractivity contribution in [3.63, 3.8) is 0 Å². The highest BCUT2D eigenvalue weighted by Crippen LogP contribution is 2.25. The topological polar surface area (TPSA) is 47.6 Å². The van der Waals surface area contributed by atoms with Gasteiger partial charge in [0.2, 0.25) is 5.91 Å². The maximum Gasteiger partial charge on any atom is 0.223 e. The van der Waals surface area contributed by atoms with E-state index in [2.05, 4.69) is 25.2 Å². The lowest BCUT2D eigenvalue weighted by Gasteiger charge is -2.21. The van der Waals surface area contributed by atoms with Crippen LogP contribution < -0.4 is 10.1 Å². The minimum absolute atomic E-state index is 0.0988. The van der Waals surface area contributed by atoms with E-state index in [4.69, 9.17) is 9.47 Å². The van der Waals surface area contributed by atoms with Crippen molar-refractivity contribution < 1.29 is 14.3 Å². The van der Waals surface area contributed by atoms with Gasteiger partial charge >= 0.3 is 0 Å². The van der Waals surface area contributed by atoms with Crippen LogP contribution in [-0.2, 0) is 9.53 Å². The van der Waals surface area contributed by atoms with Crippen molar-refractivity contribution in [2.45, 2.75) is 32.6 Å². The molecule has 2 rings (SSSR count). The molecule has 1 fully saturated rings. The van der Waals surface area contributed by atoms with Crippen molar-refractivity contribution in [3.05, 3.63) is 29.8 Å². The van der Waals surface area contributed by atoms with E-state index in [1.54, 1.807) is 0 Å². The van der Waals surface area contributed by atoms with E-state index < -0.39 is 0 Å². The first-order chi connectivity index (χ1) is 10.2. The molecule has 1 amide bonds. The summed E-state index contributed by atoms with van der Waals surface area (Å²) in [7, 11) is 0. The molecule has 0 aliphatic carbocycles. The quantitative estimate of drug-likeness (QED) is 0.820. The first-order valence-electron chi connectivity index (χ1n) is 7.75. The number of nitrogens with one attached hydrogen (secondary N) is 1. The molecule has 0 spiro atoms. The van der Waals surface area contributed by atoms with Gasteiger partial charge in [0.25, 0.3) is 0 Å². The van der Waals surface area contributed by atoms with Crippen LogP contribution in [0, 0.1) is 5.92 Å². The molecule has 21 heavy (non-hydrogen) atoms. The summed E-state index contributed by atoms with van der Waals surface area (Å²) in [5.41, 5.74) is 1.20. The number of rotatable bonds is 6. The lowest BCUT2D eigenvalue weighted by atomic mass is 9.99. The Morgan fingerprint density at radius 3 is 2.76 bits per heavy atom. The summed E-state index contributed by atoms with van der Waals surface area (Å²) in [6.07, 6.45) is 1.64.